The number of carbonyl (C=O) groups excluding carboxylic acids is 2. The van der Waals surface area contributed by atoms with Gasteiger partial charge in [-0.05, 0) is 25.7 Å². The number of carbonyl (C=O) groups is 2. The first-order chi connectivity index (χ1) is 11.8. The summed E-state index contributed by atoms with van der Waals surface area (Å²) in [7, 11) is 0. The zero-order valence-electron chi connectivity index (χ0n) is 13.6. The second-order valence-corrected chi connectivity index (χ2v) is 6.21. The third-order valence-corrected chi connectivity index (χ3v) is 4.33. The minimum Gasteiger partial charge on any atom is -0.459 e. The summed E-state index contributed by atoms with van der Waals surface area (Å²) in [4.78, 5) is 24.3. The first kappa shape index (κ1) is 19.7. The summed E-state index contributed by atoms with van der Waals surface area (Å²) < 4.78 is 59.8. The van der Waals surface area contributed by atoms with Crippen LogP contribution in [-0.2, 0) is 19.1 Å². The van der Waals surface area contributed by atoms with Crippen LogP contribution in [0.1, 0.15) is 25.7 Å². The summed E-state index contributed by atoms with van der Waals surface area (Å²) in [6.45, 7) is -0.752. The number of hydrogen-bond donors (Lipinski definition) is 1. The third kappa shape index (κ3) is 5.42. The lowest BCUT2D eigenvalue weighted by atomic mass is 9.82. The van der Waals surface area contributed by atoms with Gasteiger partial charge in [0.05, 0.1) is 17.9 Å². The molecule has 1 N–H and O–H groups in total. The van der Waals surface area contributed by atoms with Crippen LogP contribution >= 0.6 is 0 Å². The van der Waals surface area contributed by atoms with Gasteiger partial charge in [-0.15, -0.1) is 0 Å². The van der Waals surface area contributed by atoms with Crippen molar-refractivity contribution in [3.63, 3.8) is 0 Å². The van der Waals surface area contributed by atoms with Gasteiger partial charge < -0.3 is 14.8 Å². The van der Waals surface area contributed by atoms with Gasteiger partial charge in [0, 0.05) is 13.2 Å². The van der Waals surface area contributed by atoms with Crippen LogP contribution in [0.25, 0.3) is 0 Å². The molecule has 25 heavy (non-hydrogen) atoms. The molecule has 9 heteroatoms. The van der Waals surface area contributed by atoms with Crippen LogP contribution in [0.5, 0.6) is 0 Å². The second-order valence-electron chi connectivity index (χ2n) is 6.21. The fraction of sp³-hybridized carbons (Fsp3) is 0.750. The summed E-state index contributed by atoms with van der Waals surface area (Å²) in [5.41, 5.74) is 0. The van der Waals surface area contributed by atoms with E-state index in [0.717, 1.165) is 12.8 Å². The molecule has 142 valence electrons. The van der Waals surface area contributed by atoms with E-state index in [9.17, 15) is 27.2 Å². The van der Waals surface area contributed by atoms with E-state index in [4.69, 9.17) is 4.74 Å². The Hall–Kier alpha value is -1.64. The predicted octanol–water partition coefficient (Wildman–Crippen LogP) is 2.31. The third-order valence-electron chi connectivity index (χ3n) is 4.33. The van der Waals surface area contributed by atoms with E-state index in [0.29, 0.717) is 13.2 Å². The van der Waals surface area contributed by atoms with Gasteiger partial charge in [0.2, 0.25) is 5.91 Å². The lowest BCUT2D eigenvalue weighted by molar-refractivity contribution is -0.184. The van der Waals surface area contributed by atoms with E-state index in [2.05, 4.69) is 10.1 Å². The number of halogens is 4. The quantitative estimate of drug-likeness (QED) is 0.426. The predicted molar refractivity (Wildman–Crippen MR) is 79.2 cm³/mol. The van der Waals surface area contributed by atoms with Crippen molar-refractivity contribution in [1.29, 1.82) is 0 Å². The molecule has 1 fully saturated rings. The highest BCUT2D eigenvalue weighted by Crippen LogP contribution is 2.29. The Morgan fingerprint density at radius 2 is 1.92 bits per heavy atom. The maximum atomic E-state index is 12.9. The number of esters is 1. The minimum atomic E-state index is -4.41. The van der Waals surface area contributed by atoms with Crippen molar-refractivity contribution in [3.05, 3.63) is 12.2 Å². The second kappa shape index (κ2) is 8.64. The van der Waals surface area contributed by atoms with Crippen LogP contribution in [0.15, 0.2) is 12.2 Å². The lowest BCUT2D eigenvalue weighted by Crippen LogP contribution is -2.43. The number of rotatable bonds is 7. The molecule has 1 heterocycles. The van der Waals surface area contributed by atoms with Crippen LogP contribution in [-0.4, -0.2) is 50.1 Å². The van der Waals surface area contributed by atoms with E-state index in [-0.39, 0.29) is 18.9 Å². The molecule has 0 aromatic rings. The van der Waals surface area contributed by atoms with Crippen molar-refractivity contribution in [3.8, 4) is 0 Å². The fourth-order valence-corrected chi connectivity index (χ4v) is 2.85. The van der Waals surface area contributed by atoms with Gasteiger partial charge in [0.1, 0.15) is 0 Å². The first-order valence-corrected chi connectivity index (χ1v) is 8.18. The molecule has 1 aliphatic carbocycles. The summed E-state index contributed by atoms with van der Waals surface area (Å²) >= 11 is 0. The Morgan fingerprint density at radius 3 is 2.52 bits per heavy atom. The summed E-state index contributed by atoms with van der Waals surface area (Å²) in [6.07, 6.45) is 1.50. The van der Waals surface area contributed by atoms with Gasteiger partial charge in [-0.25, -0.2) is 8.78 Å². The minimum absolute atomic E-state index is 0.0711. The molecular formula is C16H21F4NO4. The van der Waals surface area contributed by atoms with Gasteiger partial charge in [-0.2, -0.15) is 8.78 Å². The molecule has 0 bridgehead atoms. The normalized spacial score (nSPS) is 26.7. The van der Waals surface area contributed by atoms with Gasteiger partial charge in [0.15, 0.2) is 6.61 Å². The van der Waals surface area contributed by atoms with E-state index in [1.165, 1.54) is 0 Å². The maximum Gasteiger partial charge on any atom is 0.340 e. The molecule has 0 radical (unpaired) electrons. The number of nitrogens with one attached hydrogen (secondary N) is 1. The molecule has 0 aromatic heterocycles. The van der Waals surface area contributed by atoms with Crippen LogP contribution < -0.4 is 5.32 Å². The Labute approximate surface area is 142 Å². The van der Waals surface area contributed by atoms with Gasteiger partial charge >= 0.3 is 18.3 Å². The van der Waals surface area contributed by atoms with Crippen molar-refractivity contribution in [2.75, 3.05) is 19.8 Å². The molecule has 0 aromatic carbocycles. The lowest BCUT2D eigenvalue weighted by Gasteiger charge is -2.27. The molecule has 2 rings (SSSR count). The van der Waals surface area contributed by atoms with Crippen LogP contribution in [0.4, 0.5) is 17.6 Å². The molecule has 1 saturated heterocycles. The van der Waals surface area contributed by atoms with Gasteiger partial charge in [-0.3, -0.25) is 9.59 Å². The molecule has 0 unspecified atom stereocenters. The largest absolute Gasteiger partial charge is 0.459 e. The van der Waals surface area contributed by atoms with E-state index >= 15 is 0 Å². The highest BCUT2D eigenvalue weighted by atomic mass is 19.3. The molecular weight excluding hydrogens is 346 g/mol. The molecule has 0 saturated carbocycles. The van der Waals surface area contributed by atoms with E-state index in [1.807, 2.05) is 0 Å². The van der Waals surface area contributed by atoms with Crippen LogP contribution in [0.3, 0.4) is 0 Å². The Kier molecular flexibility index (Phi) is 6.80. The number of alkyl halides is 4. The van der Waals surface area contributed by atoms with Crippen LogP contribution in [0.2, 0.25) is 0 Å². The number of allylic oxidation sites excluding steroid dienone is 2. The average Bonchev–Trinajstić information content (AvgIpc) is 3.11. The maximum absolute atomic E-state index is 12.9. The highest BCUT2D eigenvalue weighted by molar-refractivity contribution is 5.86. The topological polar surface area (TPSA) is 64.6 Å². The summed E-state index contributed by atoms with van der Waals surface area (Å²) in [6, 6.07) is 0. The Balaban J connectivity index is 1.89. The van der Waals surface area contributed by atoms with Gasteiger partial charge in [0.25, 0.3) is 0 Å². The molecule has 1 amide bonds. The average molecular weight is 367 g/mol. The van der Waals surface area contributed by atoms with Crippen LogP contribution in [0, 0.1) is 11.8 Å². The standard InChI is InChI=1S/C16H21F4NO4/c17-15(18)16(19,20)9-25-14(23)12-6-2-1-5-11(12)13(22)21-8-10-4-3-7-24-10/h1-2,10-12,15H,3-9H2,(H,21,22)/t10-,11+,12+/m0/s1. The molecule has 1 aliphatic heterocycles. The Morgan fingerprint density at radius 1 is 1.24 bits per heavy atom. The summed E-state index contributed by atoms with van der Waals surface area (Å²) in [5.74, 6) is -7.62. The number of amides is 1. The number of ether oxygens (including phenoxy) is 2. The smallest absolute Gasteiger partial charge is 0.340 e. The monoisotopic (exact) mass is 367 g/mol. The molecule has 5 nitrogen and oxygen atoms in total. The van der Waals surface area contributed by atoms with Crippen molar-refractivity contribution in [2.45, 2.75) is 44.1 Å². The molecule has 2 aliphatic rings. The summed E-state index contributed by atoms with van der Waals surface area (Å²) in [5, 5.41) is 2.70. The zero-order chi connectivity index (χ0) is 18.4. The molecule has 3 atom stereocenters. The van der Waals surface area contributed by atoms with Gasteiger partial charge in [-0.1, -0.05) is 12.2 Å². The highest BCUT2D eigenvalue weighted by Gasteiger charge is 2.43. The zero-order valence-corrected chi connectivity index (χ0v) is 13.6. The van der Waals surface area contributed by atoms with E-state index in [1.54, 1.807) is 12.2 Å². The Bertz CT molecular complexity index is 506. The first-order valence-electron chi connectivity index (χ1n) is 8.18. The SMILES string of the molecule is O=C(NC[C@@H]1CCCO1)[C@@H]1CC=CC[C@H]1C(=O)OCC(F)(F)C(F)F. The van der Waals surface area contributed by atoms with E-state index < -0.39 is 42.7 Å². The van der Waals surface area contributed by atoms with Crippen molar-refractivity contribution in [1.82, 2.24) is 5.32 Å². The van der Waals surface area contributed by atoms with Crippen molar-refractivity contribution in [2.24, 2.45) is 11.8 Å². The molecule has 0 spiro atoms. The fourth-order valence-electron chi connectivity index (χ4n) is 2.85. The van der Waals surface area contributed by atoms with Crippen molar-refractivity contribution < 1.29 is 36.6 Å². The van der Waals surface area contributed by atoms with Crippen molar-refractivity contribution >= 4 is 11.9 Å². The number of hydrogen-bond acceptors (Lipinski definition) is 4.